The molecule has 0 unspecified atom stereocenters. The van der Waals surface area contributed by atoms with Crippen LogP contribution in [0.1, 0.15) is 38.6 Å². The first kappa shape index (κ1) is 23.5. The fraction of sp³-hybridized carbons (Fsp3) is 0.286. The Morgan fingerprint density at radius 2 is 1.72 bits per heavy atom. The predicted molar refractivity (Wildman–Crippen MR) is 141 cm³/mol. The minimum absolute atomic E-state index is 0.0491. The van der Waals surface area contributed by atoms with Crippen LogP contribution in [0.15, 0.2) is 73.1 Å². The molecule has 36 heavy (non-hydrogen) atoms. The van der Waals surface area contributed by atoms with Crippen LogP contribution in [0.3, 0.4) is 0 Å². The summed E-state index contributed by atoms with van der Waals surface area (Å²) in [7, 11) is 1.88. The summed E-state index contributed by atoms with van der Waals surface area (Å²) in [4.78, 5) is 22.9. The van der Waals surface area contributed by atoms with Gasteiger partial charge in [0.15, 0.2) is 5.65 Å². The van der Waals surface area contributed by atoms with E-state index in [1.54, 1.807) is 12.2 Å². The molecule has 0 atom stereocenters. The molecule has 0 spiro atoms. The maximum atomic E-state index is 12.3. The number of ether oxygens (including phenoxy) is 1. The standard InChI is InChI=1S/C28H30N6O2/c1-3-7-24(35)33(2)20-12-14-21(15-13-20)34-28-25(27(29)30-18-31-28)26(32-34)19-10-16-23(17-11-19)36-22-8-5-4-6-9-22/h3-11,16-18,20-21H,12-15H2,1-2H3,(H2,29,30,31)/b7-3+. The van der Waals surface area contributed by atoms with Gasteiger partial charge in [-0.2, -0.15) is 5.10 Å². The van der Waals surface area contributed by atoms with E-state index >= 15 is 0 Å². The van der Waals surface area contributed by atoms with Crippen molar-refractivity contribution in [3.63, 3.8) is 0 Å². The quantitative estimate of drug-likeness (QED) is 0.370. The molecular weight excluding hydrogens is 452 g/mol. The molecule has 2 aromatic carbocycles. The maximum Gasteiger partial charge on any atom is 0.246 e. The van der Waals surface area contributed by atoms with Gasteiger partial charge < -0.3 is 15.4 Å². The topological polar surface area (TPSA) is 99.2 Å². The maximum absolute atomic E-state index is 12.3. The zero-order chi connectivity index (χ0) is 25.1. The number of allylic oxidation sites excluding steroid dienone is 1. The Labute approximate surface area is 210 Å². The van der Waals surface area contributed by atoms with E-state index in [0.717, 1.165) is 59.5 Å². The number of carbonyl (C=O) groups is 1. The molecule has 1 aliphatic carbocycles. The summed E-state index contributed by atoms with van der Waals surface area (Å²) in [5.41, 5.74) is 8.74. The summed E-state index contributed by atoms with van der Waals surface area (Å²) in [6, 6.07) is 17.9. The van der Waals surface area contributed by atoms with Crippen LogP contribution in [0.2, 0.25) is 0 Å². The second kappa shape index (κ2) is 10.2. The Bertz CT molecular complexity index is 1370. The number of nitrogens with zero attached hydrogens (tertiary/aromatic N) is 5. The van der Waals surface area contributed by atoms with Crippen LogP contribution in [0.5, 0.6) is 11.5 Å². The van der Waals surface area contributed by atoms with Crippen molar-refractivity contribution in [2.45, 2.75) is 44.7 Å². The van der Waals surface area contributed by atoms with Gasteiger partial charge in [-0.25, -0.2) is 14.6 Å². The average molecular weight is 483 g/mol. The Morgan fingerprint density at radius 3 is 2.42 bits per heavy atom. The first-order valence-corrected chi connectivity index (χ1v) is 12.3. The number of para-hydroxylation sites is 1. The second-order valence-electron chi connectivity index (χ2n) is 9.10. The van der Waals surface area contributed by atoms with Gasteiger partial charge in [-0.3, -0.25) is 4.79 Å². The minimum Gasteiger partial charge on any atom is -0.457 e. The third-order valence-corrected chi connectivity index (χ3v) is 6.84. The number of benzene rings is 2. The van der Waals surface area contributed by atoms with Crippen LogP contribution < -0.4 is 10.5 Å². The number of aromatic nitrogens is 4. The highest BCUT2D eigenvalue weighted by atomic mass is 16.5. The van der Waals surface area contributed by atoms with E-state index in [-0.39, 0.29) is 18.0 Å². The van der Waals surface area contributed by atoms with E-state index in [1.165, 1.54) is 6.33 Å². The van der Waals surface area contributed by atoms with E-state index in [0.29, 0.717) is 5.82 Å². The number of carbonyl (C=O) groups excluding carboxylic acids is 1. The molecule has 1 amide bonds. The monoisotopic (exact) mass is 482 g/mol. The van der Waals surface area contributed by atoms with E-state index in [1.807, 2.05) is 78.2 Å². The van der Waals surface area contributed by atoms with Crippen molar-refractivity contribution >= 4 is 22.8 Å². The molecule has 8 nitrogen and oxygen atoms in total. The molecule has 1 aliphatic rings. The van der Waals surface area contributed by atoms with Crippen LogP contribution in [0, 0.1) is 0 Å². The molecule has 8 heteroatoms. The third kappa shape index (κ3) is 4.66. The van der Waals surface area contributed by atoms with Gasteiger partial charge in [-0.15, -0.1) is 0 Å². The number of rotatable bonds is 6. The molecule has 2 aromatic heterocycles. The first-order chi connectivity index (χ1) is 17.5. The minimum atomic E-state index is 0.0491. The molecule has 0 aliphatic heterocycles. The Balaban J connectivity index is 1.40. The molecule has 1 saturated carbocycles. The van der Waals surface area contributed by atoms with Gasteiger partial charge in [0.1, 0.15) is 29.3 Å². The summed E-state index contributed by atoms with van der Waals surface area (Å²) in [5.74, 6) is 1.99. The largest absolute Gasteiger partial charge is 0.457 e. The fourth-order valence-electron chi connectivity index (χ4n) is 4.89. The van der Waals surface area contributed by atoms with Gasteiger partial charge in [0, 0.05) is 18.7 Å². The number of amides is 1. The normalized spacial score (nSPS) is 17.9. The number of nitrogens with two attached hydrogens (primary N) is 1. The van der Waals surface area contributed by atoms with E-state index in [2.05, 4.69) is 9.97 Å². The van der Waals surface area contributed by atoms with Gasteiger partial charge in [0.25, 0.3) is 0 Å². The van der Waals surface area contributed by atoms with Crippen molar-refractivity contribution in [1.29, 1.82) is 0 Å². The number of hydrogen-bond acceptors (Lipinski definition) is 6. The zero-order valence-corrected chi connectivity index (χ0v) is 20.5. The first-order valence-electron chi connectivity index (χ1n) is 12.3. The van der Waals surface area contributed by atoms with Crippen molar-refractivity contribution in [3.05, 3.63) is 73.1 Å². The highest BCUT2D eigenvalue weighted by Crippen LogP contribution is 2.37. The van der Waals surface area contributed by atoms with Crippen LogP contribution in [-0.4, -0.2) is 43.6 Å². The van der Waals surface area contributed by atoms with Crippen LogP contribution >= 0.6 is 0 Å². The van der Waals surface area contributed by atoms with Gasteiger partial charge in [-0.1, -0.05) is 24.3 Å². The number of hydrogen-bond donors (Lipinski definition) is 1. The molecule has 0 bridgehead atoms. The number of anilines is 1. The number of likely N-dealkylation sites (N-methyl/N-ethyl adjacent to an activating group) is 1. The molecular formula is C28H30N6O2. The van der Waals surface area contributed by atoms with Crippen molar-refractivity contribution in [1.82, 2.24) is 24.6 Å². The Hall–Kier alpha value is -4.20. The molecule has 4 aromatic rings. The highest BCUT2D eigenvalue weighted by molar-refractivity contribution is 5.98. The predicted octanol–water partition coefficient (Wildman–Crippen LogP) is 5.39. The van der Waals surface area contributed by atoms with Crippen molar-refractivity contribution in [3.8, 4) is 22.8 Å². The molecule has 184 valence electrons. The van der Waals surface area contributed by atoms with Crippen molar-refractivity contribution in [2.24, 2.45) is 0 Å². The lowest BCUT2D eigenvalue weighted by Gasteiger charge is -2.34. The lowest BCUT2D eigenvalue weighted by atomic mass is 9.90. The summed E-state index contributed by atoms with van der Waals surface area (Å²) in [6.07, 6.45) is 8.53. The second-order valence-corrected chi connectivity index (χ2v) is 9.10. The van der Waals surface area contributed by atoms with Gasteiger partial charge in [-0.05, 0) is 75.1 Å². The number of nitrogen functional groups attached to an aromatic ring is 1. The number of fused-ring (bicyclic) bond motifs is 1. The van der Waals surface area contributed by atoms with E-state index in [4.69, 9.17) is 15.6 Å². The molecule has 1 fully saturated rings. The van der Waals surface area contributed by atoms with Gasteiger partial charge >= 0.3 is 0 Å². The lowest BCUT2D eigenvalue weighted by molar-refractivity contribution is -0.127. The smallest absolute Gasteiger partial charge is 0.246 e. The molecule has 5 rings (SSSR count). The van der Waals surface area contributed by atoms with Crippen molar-refractivity contribution in [2.75, 3.05) is 12.8 Å². The van der Waals surface area contributed by atoms with E-state index in [9.17, 15) is 4.79 Å². The molecule has 0 radical (unpaired) electrons. The third-order valence-electron chi connectivity index (χ3n) is 6.84. The summed E-state index contributed by atoms with van der Waals surface area (Å²) >= 11 is 0. The van der Waals surface area contributed by atoms with Crippen LogP contribution in [-0.2, 0) is 4.79 Å². The molecule has 2 heterocycles. The van der Waals surface area contributed by atoms with Gasteiger partial charge in [0.05, 0.1) is 11.4 Å². The Morgan fingerprint density at radius 1 is 1.03 bits per heavy atom. The van der Waals surface area contributed by atoms with E-state index < -0.39 is 0 Å². The zero-order valence-electron chi connectivity index (χ0n) is 20.5. The Kier molecular flexibility index (Phi) is 6.66. The summed E-state index contributed by atoms with van der Waals surface area (Å²) in [5, 5.41) is 5.75. The summed E-state index contributed by atoms with van der Waals surface area (Å²) in [6.45, 7) is 1.86. The highest BCUT2D eigenvalue weighted by Gasteiger charge is 2.29. The lowest BCUT2D eigenvalue weighted by Crippen LogP contribution is -2.39. The fourth-order valence-corrected chi connectivity index (χ4v) is 4.89. The molecule has 2 N–H and O–H groups in total. The molecule has 0 saturated heterocycles. The van der Waals surface area contributed by atoms with Crippen LogP contribution in [0.4, 0.5) is 5.82 Å². The average Bonchev–Trinajstić information content (AvgIpc) is 3.30. The SMILES string of the molecule is C/C=C/C(=O)N(C)C1CCC(n2nc(-c3ccc(Oc4ccccc4)cc3)c3c(N)ncnc32)CC1. The van der Waals surface area contributed by atoms with Gasteiger partial charge in [0.2, 0.25) is 5.91 Å². The summed E-state index contributed by atoms with van der Waals surface area (Å²) < 4.78 is 7.94. The van der Waals surface area contributed by atoms with Crippen LogP contribution in [0.25, 0.3) is 22.3 Å². The van der Waals surface area contributed by atoms with Crippen molar-refractivity contribution < 1.29 is 9.53 Å².